The van der Waals surface area contributed by atoms with Crippen LogP contribution >= 0.6 is 0 Å². The summed E-state index contributed by atoms with van der Waals surface area (Å²) in [5.74, 6) is -0.950. The minimum Gasteiger partial charge on any atom is -0.481 e. The Kier molecular flexibility index (Phi) is 5.37. The molecule has 0 spiro atoms. The molecule has 0 saturated carbocycles. The van der Waals surface area contributed by atoms with E-state index in [4.69, 9.17) is 5.11 Å². The molecule has 0 bridgehead atoms. The number of nitro benzene ring substituents is 1. The van der Waals surface area contributed by atoms with Gasteiger partial charge >= 0.3 is 5.97 Å². The first kappa shape index (κ1) is 13.1. The Balaban J connectivity index is 0.00000169. The van der Waals surface area contributed by atoms with Crippen LogP contribution in [0, 0.1) is 10.1 Å². The number of carboxylic acid groups (broad SMARTS) is 1. The zero-order chi connectivity index (χ0) is 9.84. The zero-order valence-electron chi connectivity index (χ0n) is 7.64. The van der Waals surface area contributed by atoms with Crippen LogP contribution in [-0.4, -0.2) is 45.6 Å². The van der Waals surface area contributed by atoms with Gasteiger partial charge in [0.2, 0.25) is 0 Å². The third-order valence-corrected chi connectivity index (χ3v) is 1.50. The smallest absolute Gasteiger partial charge is 0.307 e. The van der Waals surface area contributed by atoms with Gasteiger partial charge in [0.05, 0.1) is 11.3 Å². The fraction of sp³-hybridized carbons (Fsp3) is 0.125. The Labute approximate surface area is 102 Å². The van der Waals surface area contributed by atoms with Crippen LogP contribution in [0.3, 0.4) is 0 Å². The molecule has 1 rings (SSSR count). The van der Waals surface area contributed by atoms with Gasteiger partial charge in [0.25, 0.3) is 5.69 Å². The molecule has 6 heteroatoms. The summed E-state index contributed by atoms with van der Waals surface area (Å²) in [5, 5.41) is 18.6. The summed E-state index contributed by atoms with van der Waals surface area (Å²) in [7, 11) is 0. The van der Waals surface area contributed by atoms with Crippen LogP contribution in [0.25, 0.3) is 0 Å². The number of benzene rings is 1. The fourth-order valence-electron chi connectivity index (χ4n) is 0.910. The van der Waals surface area contributed by atoms with Gasteiger partial charge in [0.15, 0.2) is 0 Å². The SMILES string of the molecule is O=C(O)Cc1ccc([N+](=O)[O-])cc1.[Na]. The molecule has 0 unspecified atom stereocenters. The summed E-state index contributed by atoms with van der Waals surface area (Å²) in [6, 6.07) is 5.45. The van der Waals surface area contributed by atoms with Crippen molar-refractivity contribution in [2.75, 3.05) is 0 Å². The normalized spacial score (nSPS) is 8.86. The van der Waals surface area contributed by atoms with Gasteiger partial charge in [-0.05, 0) is 5.56 Å². The van der Waals surface area contributed by atoms with Crippen molar-refractivity contribution in [3.8, 4) is 0 Å². The number of non-ortho nitro benzene ring substituents is 1. The number of carboxylic acids is 1. The van der Waals surface area contributed by atoms with Crippen molar-refractivity contribution in [1.82, 2.24) is 0 Å². The first-order valence-corrected chi connectivity index (χ1v) is 3.54. The maximum absolute atomic E-state index is 10.3. The van der Waals surface area contributed by atoms with E-state index < -0.39 is 10.9 Å². The van der Waals surface area contributed by atoms with Crippen molar-refractivity contribution >= 4 is 41.2 Å². The Morgan fingerprint density at radius 1 is 1.36 bits per heavy atom. The number of rotatable bonds is 3. The topological polar surface area (TPSA) is 80.4 Å². The van der Waals surface area contributed by atoms with E-state index in [9.17, 15) is 14.9 Å². The van der Waals surface area contributed by atoms with Crippen LogP contribution in [0.4, 0.5) is 5.69 Å². The van der Waals surface area contributed by atoms with Gasteiger partial charge in [0, 0.05) is 41.7 Å². The Morgan fingerprint density at radius 3 is 2.21 bits per heavy atom. The molecule has 0 fully saturated rings. The molecule has 14 heavy (non-hydrogen) atoms. The number of carbonyl (C=O) groups is 1. The molecule has 0 aromatic heterocycles. The molecule has 5 nitrogen and oxygen atoms in total. The molecule has 0 atom stereocenters. The predicted octanol–water partition coefficient (Wildman–Crippen LogP) is 0.841. The summed E-state index contributed by atoms with van der Waals surface area (Å²) in [5.41, 5.74) is 0.521. The molecule has 1 radical (unpaired) electrons. The molecule has 69 valence electrons. The number of nitro groups is 1. The van der Waals surface area contributed by atoms with E-state index in [1.165, 1.54) is 24.3 Å². The second kappa shape index (κ2) is 5.74. The van der Waals surface area contributed by atoms with Crippen molar-refractivity contribution < 1.29 is 14.8 Å². The van der Waals surface area contributed by atoms with Crippen molar-refractivity contribution in [2.45, 2.75) is 6.42 Å². The minimum atomic E-state index is -0.950. The molecule has 0 aliphatic carbocycles. The van der Waals surface area contributed by atoms with Gasteiger partial charge in [-0.3, -0.25) is 14.9 Å². The Bertz CT molecular complexity index is 336. The third kappa shape index (κ3) is 3.87. The molecule has 0 amide bonds. The van der Waals surface area contributed by atoms with Crippen LogP contribution < -0.4 is 0 Å². The molecular weight excluding hydrogens is 197 g/mol. The predicted molar refractivity (Wildman–Crippen MR) is 50.2 cm³/mol. The molecule has 1 aromatic carbocycles. The summed E-state index contributed by atoms with van der Waals surface area (Å²) in [6.07, 6.45) is -0.113. The molecule has 0 aliphatic heterocycles. The van der Waals surface area contributed by atoms with Crippen molar-refractivity contribution in [1.29, 1.82) is 0 Å². The van der Waals surface area contributed by atoms with E-state index in [0.717, 1.165) is 0 Å². The van der Waals surface area contributed by atoms with Crippen LogP contribution in [0.1, 0.15) is 5.56 Å². The van der Waals surface area contributed by atoms with Crippen LogP contribution in [-0.2, 0) is 11.2 Å². The first-order chi connectivity index (χ1) is 6.09. The maximum atomic E-state index is 10.3. The largest absolute Gasteiger partial charge is 0.481 e. The second-order valence-corrected chi connectivity index (χ2v) is 2.49. The number of nitrogens with zero attached hydrogens (tertiary/aromatic N) is 1. The van der Waals surface area contributed by atoms with E-state index in [1.54, 1.807) is 0 Å². The standard InChI is InChI=1S/C8H7NO4.Na/c10-8(11)5-6-1-3-7(4-2-6)9(12)13;/h1-4H,5H2,(H,10,11);. The van der Waals surface area contributed by atoms with E-state index in [2.05, 4.69) is 0 Å². The van der Waals surface area contributed by atoms with E-state index in [0.29, 0.717) is 5.56 Å². The number of aliphatic carboxylic acids is 1. The van der Waals surface area contributed by atoms with Gasteiger partial charge in [0.1, 0.15) is 0 Å². The molecular formula is C8H7NNaO4. The van der Waals surface area contributed by atoms with E-state index >= 15 is 0 Å². The maximum Gasteiger partial charge on any atom is 0.307 e. The van der Waals surface area contributed by atoms with E-state index in [-0.39, 0.29) is 41.7 Å². The monoisotopic (exact) mass is 204 g/mol. The van der Waals surface area contributed by atoms with Gasteiger partial charge in [-0.1, -0.05) is 12.1 Å². The van der Waals surface area contributed by atoms with Gasteiger partial charge in [-0.25, -0.2) is 0 Å². The molecule has 1 aromatic rings. The summed E-state index contributed by atoms with van der Waals surface area (Å²) in [4.78, 5) is 20.0. The summed E-state index contributed by atoms with van der Waals surface area (Å²) in [6.45, 7) is 0. The first-order valence-electron chi connectivity index (χ1n) is 3.54. The zero-order valence-corrected chi connectivity index (χ0v) is 9.64. The van der Waals surface area contributed by atoms with Crippen molar-refractivity contribution in [2.24, 2.45) is 0 Å². The quantitative estimate of drug-likeness (QED) is 0.449. The van der Waals surface area contributed by atoms with Crippen molar-refractivity contribution in [3.05, 3.63) is 39.9 Å². The van der Waals surface area contributed by atoms with Crippen LogP contribution in [0.5, 0.6) is 0 Å². The Hall–Kier alpha value is -0.910. The van der Waals surface area contributed by atoms with Crippen molar-refractivity contribution in [3.63, 3.8) is 0 Å². The molecule has 0 aliphatic rings. The number of hydrogen-bond acceptors (Lipinski definition) is 3. The summed E-state index contributed by atoms with van der Waals surface area (Å²) >= 11 is 0. The molecule has 0 saturated heterocycles. The molecule has 0 heterocycles. The van der Waals surface area contributed by atoms with Crippen LogP contribution in [0.15, 0.2) is 24.3 Å². The van der Waals surface area contributed by atoms with E-state index in [1.807, 2.05) is 0 Å². The number of hydrogen-bond donors (Lipinski definition) is 1. The van der Waals surface area contributed by atoms with Gasteiger partial charge < -0.3 is 5.11 Å². The third-order valence-electron chi connectivity index (χ3n) is 1.50. The van der Waals surface area contributed by atoms with Gasteiger partial charge in [-0.15, -0.1) is 0 Å². The average molecular weight is 204 g/mol. The fourth-order valence-corrected chi connectivity index (χ4v) is 0.910. The van der Waals surface area contributed by atoms with Crippen LogP contribution in [0.2, 0.25) is 0 Å². The molecule has 1 N–H and O–H groups in total. The minimum absolute atomic E-state index is 0. The second-order valence-electron chi connectivity index (χ2n) is 2.49. The van der Waals surface area contributed by atoms with Gasteiger partial charge in [-0.2, -0.15) is 0 Å². The summed E-state index contributed by atoms with van der Waals surface area (Å²) < 4.78 is 0. The Morgan fingerprint density at radius 2 is 1.86 bits per heavy atom. The average Bonchev–Trinajstić information content (AvgIpc) is 2.04.